The number of aromatic nitrogens is 1. The van der Waals surface area contributed by atoms with Crippen molar-refractivity contribution >= 4 is 0 Å². The molecule has 3 heteroatoms. The van der Waals surface area contributed by atoms with Gasteiger partial charge in [-0.2, -0.15) is 0 Å². The topological polar surface area (TPSA) is 43.0 Å². The summed E-state index contributed by atoms with van der Waals surface area (Å²) in [6, 6.07) is 5.21. The lowest BCUT2D eigenvalue weighted by molar-refractivity contribution is 0.390. The molecule has 0 amide bonds. The van der Waals surface area contributed by atoms with Gasteiger partial charge in [-0.15, -0.1) is 0 Å². The summed E-state index contributed by atoms with van der Waals surface area (Å²) >= 11 is 0. The minimum absolute atomic E-state index is 0.382. The Bertz CT molecular complexity index is 310. The van der Waals surface area contributed by atoms with Gasteiger partial charge in [0, 0.05) is 23.5 Å². The molecule has 0 bridgehead atoms. The van der Waals surface area contributed by atoms with Gasteiger partial charge in [-0.3, -0.25) is 4.68 Å². The highest BCUT2D eigenvalue weighted by Gasteiger charge is 2.19. The lowest BCUT2D eigenvalue weighted by Gasteiger charge is -2.29. The predicted octanol–water partition coefficient (Wildman–Crippen LogP) is 1.92. The molecule has 1 aliphatic carbocycles. The molecule has 1 fully saturated rings. The van der Waals surface area contributed by atoms with Crippen molar-refractivity contribution in [1.82, 2.24) is 4.68 Å². The van der Waals surface area contributed by atoms with Gasteiger partial charge < -0.3 is 11.2 Å². The van der Waals surface area contributed by atoms with E-state index in [0.29, 0.717) is 12.1 Å². The highest BCUT2D eigenvalue weighted by Crippen LogP contribution is 2.18. The van der Waals surface area contributed by atoms with Crippen molar-refractivity contribution in [3.63, 3.8) is 0 Å². The van der Waals surface area contributed by atoms with Crippen LogP contribution in [0.25, 0.3) is 0 Å². The van der Waals surface area contributed by atoms with Crippen LogP contribution in [0.4, 0.5) is 0 Å². The number of nitrogens with two attached hydrogens (primary N) is 1. The first-order valence-corrected chi connectivity index (χ1v) is 5.84. The maximum Gasteiger partial charge on any atom is 0.0439 e. The van der Waals surface area contributed by atoms with Crippen LogP contribution < -0.4 is 11.2 Å². The molecule has 0 saturated heterocycles. The highest BCUT2D eigenvalue weighted by atomic mass is 15.4. The third-order valence-electron chi connectivity index (χ3n) is 3.30. The monoisotopic (exact) mass is 207 g/mol. The largest absolute Gasteiger partial charge is 0.328 e. The van der Waals surface area contributed by atoms with Crippen LogP contribution in [0.1, 0.15) is 37.1 Å². The predicted molar refractivity (Wildman–Crippen MR) is 63.5 cm³/mol. The molecule has 3 nitrogen and oxygen atoms in total. The molecule has 0 aromatic carbocycles. The Labute approximate surface area is 91.6 Å². The fraction of sp³-hybridized carbons (Fsp3) is 0.667. The Balaban J connectivity index is 2.02. The van der Waals surface area contributed by atoms with Crippen molar-refractivity contribution < 1.29 is 0 Å². The standard InChI is InChI=1S/C12H21N3/c1-9-6-7-10(2)15(9)14-12-5-3-4-11(13)8-12/h6-7,11-12,14H,3-5,8,13H2,1-2H3. The van der Waals surface area contributed by atoms with E-state index >= 15 is 0 Å². The number of hydrogen-bond donors (Lipinski definition) is 2. The summed E-state index contributed by atoms with van der Waals surface area (Å²) in [7, 11) is 0. The highest BCUT2D eigenvalue weighted by molar-refractivity contribution is 5.16. The van der Waals surface area contributed by atoms with Crippen LogP contribution in [0, 0.1) is 13.8 Å². The van der Waals surface area contributed by atoms with Crippen molar-refractivity contribution in [3.8, 4) is 0 Å². The van der Waals surface area contributed by atoms with Crippen LogP contribution in [0.5, 0.6) is 0 Å². The molecule has 1 heterocycles. The van der Waals surface area contributed by atoms with E-state index in [9.17, 15) is 0 Å². The SMILES string of the molecule is Cc1ccc(C)n1NC1CCCC(N)C1. The van der Waals surface area contributed by atoms with Gasteiger partial charge in [0.2, 0.25) is 0 Å². The van der Waals surface area contributed by atoms with E-state index in [0.717, 1.165) is 6.42 Å². The first-order chi connectivity index (χ1) is 7.16. The molecule has 1 aromatic rings. The molecule has 2 rings (SSSR count). The fourth-order valence-electron chi connectivity index (χ4n) is 2.40. The zero-order valence-electron chi connectivity index (χ0n) is 9.66. The van der Waals surface area contributed by atoms with Gasteiger partial charge >= 0.3 is 0 Å². The average Bonchev–Trinajstić information content (AvgIpc) is 2.50. The van der Waals surface area contributed by atoms with Crippen LogP contribution >= 0.6 is 0 Å². The Kier molecular flexibility index (Phi) is 3.00. The number of aryl methyl sites for hydroxylation is 2. The van der Waals surface area contributed by atoms with Gasteiger partial charge in [-0.1, -0.05) is 0 Å². The van der Waals surface area contributed by atoms with E-state index in [4.69, 9.17) is 5.73 Å². The molecule has 84 valence electrons. The van der Waals surface area contributed by atoms with E-state index < -0.39 is 0 Å². The zero-order valence-corrected chi connectivity index (χ0v) is 9.66. The van der Waals surface area contributed by atoms with Crippen LogP contribution in [-0.2, 0) is 0 Å². The Morgan fingerprint density at radius 3 is 2.53 bits per heavy atom. The molecule has 1 aromatic heterocycles. The van der Waals surface area contributed by atoms with Crippen LogP contribution in [-0.4, -0.2) is 16.8 Å². The van der Waals surface area contributed by atoms with Gasteiger partial charge in [0.05, 0.1) is 0 Å². The molecule has 1 aliphatic rings. The van der Waals surface area contributed by atoms with Crippen LogP contribution in [0.15, 0.2) is 12.1 Å². The van der Waals surface area contributed by atoms with Crippen molar-refractivity contribution in [2.24, 2.45) is 5.73 Å². The summed E-state index contributed by atoms with van der Waals surface area (Å²) in [4.78, 5) is 0. The second-order valence-corrected chi connectivity index (χ2v) is 4.70. The Morgan fingerprint density at radius 1 is 1.27 bits per heavy atom. The molecular formula is C12H21N3. The van der Waals surface area contributed by atoms with Crippen molar-refractivity contribution in [2.75, 3.05) is 5.43 Å². The first-order valence-electron chi connectivity index (χ1n) is 5.84. The maximum absolute atomic E-state index is 5.98. The lowest BCUT2D eigenvalue weighted by atomic mass is 9.92. The summed E-state index contributed by atoms with van der Waals surface area (Å²) in [5, 5.41) is 0. The summed E-state index contributed by atoms with van der Waals surface area (Å²) in [6.45, 7) is 4.26. The fourth-order valence-corrected chi connectivity index (χ4v) is 2.40. The number of hydrogen-bond acceptors (Lipinski definition) is 2. The second-order valence-electron chi connectivity index (χ2n) is 4.70. The third-order valence-corrected chi connectivity index (χ3v) is 3.30. The van der Waals surface area contributed by atoms with Gasteiger partial charge in [0.25, 0.3) is 0 Å². The molecule has 0 spiro atoms. The molecular weight excluding hydrogens is 186 g/mol. The molecule has 2 atom stereocenters. The van der Waals surface area contributed by atoms with Crippen LogP contribution in [0.3, 0.4) is 0 Å². The third kappa shape index (κ3) is 2.34. The van der Waals surface area contributed by atoms with E-state index in [2.05, 4.69) is 36.1 Å². The number of nitrogens with zero attached hydrogens (tertiary/aromatic N) is 1. The maximum atomic E-state index is 5.98. The minimum Gasteiger partial charge on any atom is -0.328 e. The van der Waals surface area contributed by atoms with E-state index in [-0.39, 0.29) is 0 Å². The summed E-state index contributed by atoms with van der Waals surface area (Å²) in [6.07, 6.45) is 4.77. The van der Waals surface area contributed by atoms with Crippen molar-refractivity contribution in [3.05, 3.63) is 23.5 Å². The summed E-state index contributed by atoms with van der Waals surface area (Å²) in [5.74, 6) is 0. The van der Waals surface area contributed by atoms with Gasteiger partial charge in [-0.05, 0) is 51.7 Å². The molecule has 1 saturated carbocycles. The first kappa shape index (κ1) is 10.6. The molecule has 0 aliphatic heterocycles. The minimum atomic E-state index is 0.382. The van der Waals surface area contributed by atoms with E-state index in [1.807, 2.05) is 0 Å². The number of rotatable bonds is 2. The number of nitrogens with one attached hydrogen (secondary N) is 1. The molecule has 15 heavy (non-hydrogen) atoms. The molecule has 2 unspecified atom stereocenters. The van der Waals surface area contributed by atoms with E-state index in [1.54, 1.807) is 0 Å². The van der Waals surface area contributed by atoms with Crippen molar-refractivity contribution in [1.29, 1.82) is 0 Å². The molecule has 3 N–H and O–H groups in total. The van der Waals surface area contributed by atoms with E-state index in [1.165, 1.54) is 30.7 Å². The lowest BCUT2D eigenvalue weighted by Crippen LogP contribution is -2.38. The summed E-state index contributed by atoms with van der Waals surface area (Å²) in [5.41, 5.74) is 12.1. The van der Waals surface area contributed by atoms with Gasteiger partial charge in [0.1, 0.15) is 0 Å². The summed E-state index contributed by atoms with van der Waals surface area (Å²) < 4.78 is 2.18. The quantitative estimate of drug-likeness (QED) is 0.778. The molecule has 0 radical (unpaired) electrons. The van der Waals surface area contributed by atoms with Crippen molar-refractivity contribution in [2.45, 2.75) is 51.6 Å². The average molecular weight is 207 g/mol. The normalized spacial score (nSPS) is 26.6. The smallest absolute Gasteiger partial charge is 0.0439 e. The van der Waals surface area contributed by atoms with Gasteiger partial charge in [-0.25, -0.2) is 0 Å². The van der Waals surface area contributed by atoms with Crippen LogP contribution in [0.2, 0.25) is 0 Å². The Morgan fingerprint density at radius 2 is 1.93 bits per heavy atom. The second kappa shape index (κ2) is 4.27. The van der Waals surface area contributed by atoms with Gasteiger partial charge in [0.15, 0.2) is 0 Å². The Hall–Kier alpha value is -0.960. The zero-order chi connectivity index (χ0) is 10.8.